The molecule has 20 heavy (non-hydrogen) atoms. The molecule has 0 unspecified atom stereocenters. The summed E-state index contributed by atoms with van der Waals surface area (Å²) in [7, 11) is 0. The van der Waals surface area contributed by atoms with E-state index in [0.717, 1.165) is 24.2 Å². The molecule has 2 amide bonds. The molecule has 4 nitrogen and oxygen atoms in total. The lowest BCUT2D eigenvalue weighted by atomic mass is 10.1. The zero-order valence-electron chi connectivity index (χ0n) is 12.3. The largest absolute Gasteiger partial charge is 0.326 e. The smallest absolute Gasteiger partial charge is 0.224 e. The molecule has 1 aliphatic rings. The monoisotopic (exact) mass is 274 g/mol. The average Bonchev–Trinajstić information content (AvgIpc) is 3.14. The molecule has 0 aromatic heterocycles. The summed E-state index contributed by atoms with van der Waals surface area (Å²) in [5, 5.41) is 2.87. The maximum Gasteiger partial charge on any atom is 0.224 e. The van der Waals surface area contributed by atoms with Gasteiger partial charge < -0.3 is 10.2 Å². The van der Waals surface area contributed by atoms with Crippen molar-refractivity contribution in [2.75, 3.05) is 10.2 Å². The maximum absolute atomic E-state index is 11.7. The Hall–Kier alpha value is -1.84. The van der Waals surface area contributed by atoms with E-state index in [1.54, 1.807) is 6.92 Å². The third-order valence-corrected chi connectivity index (χ3v) is 3.27. The highest BCUT2D eigenvalue weighted by molar-refractivity contribution is 5.94. The zero-order valence-corrected chi connectivity index (χ0v) is 12.3. The molecule has 0 aliphatic heterocycles. The van der Waals surface area contributed by atoms with Crippen LogP contribution < -0.4 is 10.2 Å². The van der Waals surface area contributed by atoms with Crippen molar-refractivity contribution in [2.45, 2.75) is 46.1 Å². The van der Waals surface area contributed by atoms with Crippen LogP contribution in [0.25, 0.3) is 0 Å². The SMILES string of the molecule is CC(=O)N(c1ccc(NC(=O)CC(C)C)cc1)C1CC1. The molecule has 108 valence electrons. The molecule has 1 aromatic rings. The second-order valence-corrected chi connectivity index (χ2v) is 5.81. The van der Waals surface area contributed by atoms with Crippen molar-refractivity contribution in [3.05, 3.63) is 24.3 Å². The second kappa shape index (κ2) is 6.07. The highest BCUT2D eigenvalue weighted by atomic mass is 16.2. The summed E-state index contributed by atoms with van der Waals surface area (Å²) >= 11 is 0. The Kier molecular flexibility index (Phi) is 4.42. The van der Waals surface area contributed by atoms with Gasteiger partial charge in [-0.05, 0) is 43.0 Å². The number of nitrogens with one attached hydrogen (secondary N) is 1. The summed E-state index contributed by atoms with van der Waals surface area (Å²) in [4.78, 5) is 25.2. The first-order valence-corrected chi connectivity index (χ1v) is 7.17. The lowest BCUT2D eigenvalue weighted by Gasteiger charge is -2.21. The van der Waals surface area contributed by atoms with Crippen LogP contribution in [0.5, 0.6) is 0 Å². The van der Waals surface area contributed by atoms with Crippen LogP contribution >= 0.6 is 0 Å². The molecule has 0 atom stereocenters. The quantitative estimate of drug-likeness (QED) is 0.896. The van der Waals surface area contributed by atoms with E-state index in [4.69, 9.17) is 0 Å². The summed E-state index contributed by atoms with van der Waals surface area (Å²) in [5.74, 6) is 0.444. The highest BCUT2D eigenvalue weighted by Gasteiger charge is 2.31. The van der Waals surface area contributed by atoms with Gasteiger partial charge in [0.25, 0.3) is 0 Å². The Balaban J connectivity index is 2.02. The number of carbonyl (C=O) groups excluding carboxylic acids is 2. The van der Waals surface area contributed by atoms with Crippen molar-refractivity contribution < 1.29 is 9.59 Å². The van der Waals surface area contributed by atoms with E-state index in [1.807, 2.05) is 43.0 Å². The van der Waals surface area contributed by atoms with Gasteiger partial charge in [0.05, 0.1) is 0 Å². The zero-order chi connectivity index (χ0) is 14.7. The number of carbonyl (C=O) groups is 2. The van der Waals surface area contributed by atoms with Gasteiger partial charge in [-0.3, -0.25) is 9.59 Å². The predicted octanol–water partition coefficient (Wildman–Crippen LogP) is 3.19. The fourth-order valence-corrected chi connectivity index (χ4v) is 2.27. The topological polar surface area (TPSA) is 49.4 Å². The van der Waals surface area contributed by atoms with E-state index in [1.165, 1.54) is 0 Å². The number of rotatable bonds is 5. The highest BCUT2D eigenvalue weighted by Crippen LogP contribution is 2.32. The van der Waals surface area contributed by atoms with Gasteiger partial charge in [0.15, 0.2) is 0 Å². The average molecular weight is 274 g/mol. The fraction of sp³-hybridized carbons (Fsp3) is 0.500. The van der Waals surface area contributed by atoms with Crippen molar-refractivity contribution in [3.63, 3.8) is 0 Å². The third kappa shape index (κ3) is 3.83. The molecule has 0 spiro atoms. The molecule has 0 saturated heterocycles. The lowest BCUT2D eigenvalue weighted by molar-refractivity contribution is -0.117. The molecule has 1 aliphatic carbocycles. The van der Waals surface area contributed by atoms with Crippen LogP contribution in [0.2, 0.25) is 0 Å². The van der Waals surface area contributed by atoms with E-state index < -0.39 is 0 Å². The molecule has 1 saturated carbocycles. The molecular formula is C16H22N2O2. The van der Waals surface area contributed by atoms with E-state index in [2.05, 4.69) is 5.32 Å². The Morgan fingerprint density at radius 3 is 2.30 bits per heavy atom. The van der Waals surface area contributed by atoms with Crippen molar-refractivity contribution in [3.8, 4) is 0 Å². The van der Waals surface area contributed by atoms with Crippen molar-refractivity contribution in [1.29, 1.82) is 0 Å². The lowest BCUT2D eigenvalue weighted by Crippen LogP contribution is -2.30. The van der Waals surface area contributed by atoms with Crippen LogP contribution in [0.1, 0.15) is 40.0 Å². The molecule has 2 rings (SSSR count). The number of amides is 2. The Labute approximate surface area is 120 Å². The van der Waals surface area contributed by atoms with Crippen LogP contribution in [0.15, 0.2) is 24.3 Å². The minimum absolute atomic E-state index is 0.0263. The summed E-state index contributed by atoms with van der Waals surface area (Å²) < 4.78 is 0. The van der Waals surface area contributed by atoms with Crippen molar-refractivity contribution in [2.24, 2.45) is 5.92 Å². The number of anilines is 2. The molecule has 1 fully saturated rings. The van der Waals surface area contributed by atoms with Crippen LogP contribution in [0.3, 0.4) is 0 Å². The van der Waals surface area contributed by atoms with E-state index >= 15 is 0 Å². The van der Waals surface area contributed by atoms with Crippen molar-refractivity contribution >= 4 is 23.2 Å². The van der Waals surface area contributed by atoms with Crippen LogP contribution in [0.4, 0.5) is 11.4 Å². The molecule has 1 N–H and O–H groups in total. The van der Waals surface area contributed by atoms with Gasteiger partial charge in [-0.15, -0.1) is 0 Å². The molecule has 1 aromatic carbocycles. The van der Waals surface area contributed by atoms with Gasteiger partial charge in [0, 0.05) is 30.8 Å². The van der Waals surface area contributed by atoms with Crippen LogP contribution in [0, 0.1) is 5.92 Å². The summed E-state index contributed by atoms with van der Waals surface area (Å²) in [5.41, 5.74) is 1.68. The molecule has 4 heteroatoms. The summed E-state index contributed by atoms with van der Waals surface area (Å²) in [6, 6.07) is 7.85. The first-order chi connectivity index (χ1) is 9.47. The van der Waals surface area contributed by atoms with E-state index in [-0.39, 0.29) is 11.8 Å². The third-order valence-electron chi connectivity index (χ3n) is 3.27. The van der Waals surface area contributed by atoms with Gasteiger partial charge in [-0.25, -0.2) is 0 Å². The summed E-state index contributed by atoms with van der Waals surface area (Å²) in [6.07, 6.45) is 2.67. The number of hydrogen-bond donors (Lipinski definition) is 1. The Morgan fingerprint density at radius 2 is 1.85 bits per heavy atom. The second-order valence-electron chi connectivity index (χ2n) is 5.81. The van der Waals surface area contributed by atoms with Gasteiger partial charge in [0.1, 0.15) is 0 Å². The van der Waals surface area contributed by atoms with Gasteiger partial charge in [-0.2, -0.15) is 0 Å². The van der Waals surface area contributed by atoms with E-state index in [9.17, 15) is 9.59 Å². The van der Waals surface area contributed by atoms with Gasteiger partial charge in [0.2, 0.25) is 11.8 Å². The van der Waals surface area contributed by atoms with Crippen molar-refractivity contribution in [1.82, 2.24) is 0 Å². The first kappa shape index (κ1) is 14.6. The summed E-state index contributed by atoms with van der Waals surface area (Å²) in [6.45, 7) is 5.63. The normalized spacial score (nSPS) is 14.2. The Morgan fingerprint density at radius 1 is 1.25 bits per heavy atom. The molecular weight excluding hydrogens is 252 g/mol. The predicted molar refractivity (Wildman–Crippen MR) is 80.7 cm³/mol. The maximum atomic E-state index is 11.7. The Bertz CT molecular complexity index is 490. The fourth-order valence-electron chi connectivity index (χ4n) is 2.27. The van der Waals surface area contributed by atoms with Gasteiger partial charge in [-0.1, -0.05) is 13.8 Å². The first-order valence-electron chi connectivity index (χ1n) is 7.17. The number of benzene rings is 1. The number of nitrogens with zero attached hydrogens (tertiary/aromatic N) is 1. The van der Waals surface area contributed by atoms with Crippen LogP contribution in [-0.2, 0) is 9.59 Å². The minimum atomic E-state index is 0.0263. The number of hydrogen-bond acceptors (Lipinski definition) is 2. The van der Waals surface area contributed by atoms with E-state index in [0.29, 0.717) is 18.4 Å². The molecule has 0 heterocycles. The standard InChI is InChI=1S/C16H22N2O2/c1-11(2)10-16(20)17-13-4-6-14(7-5-13)18(12(3)19)15-8-9-15/h4-7,11,15H,8-10H2,1-3H3,(H,17,20). The molecule has 0 bridgehead atoms. The van der Waals surface area contributed by atoms with Crippen LogP contribution in [-0.4, -0.2) is 17.9 Å². The van der Waals surface area contributed by atoms with Gasteiger partial charge >= 0.3 is 0 Å². The minimum Gasteiger partial charge on any atom is -0.326 e. The molecule has 0 radical (unpaired) electrons.